The molecular weight excluding hydrogens is 308 g/mol. The van der Waals surface area contributed by atoms with Crippen molar-refractivity contribution in [1.29, 1.82) is 0 Å². The van der Waals surface area contributed by atoms with Gasteiger partial charge in [-0.05, 0) is 31.1 Å². The number of fused-ring (bicyclic) bond motifs is 1. The van der Waals surface area contributed by atoms with Crippen molar-refractivity contribution in [3.05, 3.63) is 12.2 Å². The molecule has 0 spiro atoms. The summed E-state index contributed by atoms with van der Waals surface area (Å²) in [5, 5.41) is 0. The molecule has 1 saturated carbocycles. The molecule has 3 fully saturated rings. The van der Waals surface area contributed by atoms with E-state index in [1.54, 1.807) is 4.90 Å². The van der Waals surface area contributed by atoms with Crippen LogP contribution in [-0.4, -0.2) is 59.9 Å². The lowest BCUT2D eigenvalue weighted by molar-refractivity contribution is -0.153. The second kappa shape index (κ2) is 5.99. The molecule has 2 aliphatic heterocycles. The number of hydrogen-bond donors (Lipinski definition) is 0. The molecule has 3 aliphatic carbocycles. The zero-order chi connectivity index (χ0) is 16.8. The van der Waals surface area contributed by atoms with Gasteiger partial charge in [0.05, 0.1) is 25.0 Å². The number of amides is 3. The zero-order valence-electron chi connectivity index (χ0n) is 14.0. The molecule has 0 aromatic rings. The van der Waals surface area contributed by atoms with E-state index in [0.29, 0.717) is 32.7 Å². The number of imide groups is 1. The molecule has 6 heteroatoms. The van der Waals surface area contributed by atoms with E-state index in [1.165, 1.54) is 4.90 Å². The van der Waals surface area contributed by atoms with Crippen molar-refractivity contribution in [2.24, 2.45) is 23.7 Å². The maximum absolute atomic E-state index is 13.0. The summed E-state index contributed by atoms with van der Waals surface area (Å²) < 4.78 is 5.29. The largest absolute Gasteiger partial charge is 0.378 e. The van der Waals surface area contributed by atoms with Gasteiger partial charge in [-0.25, -0.2) is 0 Å². The van der Waals surface area contributed by atoms with Crippen molar-refractivity contribution >= 4 is 17.7 Å². The summed E-state index contributed by atoms with van der Waals surface area (Å²) in [5.41, 5.74) is 0. The average molecular weight is 332 g/mol. The molecule has 3 amide bonds. The number of likely N-dealkylation sites (tertiary alicyclic amines) is 1. The van der Waals surface area contributed by atoms with E-state index in [4.69, 9.17) is 4.74 Å². The first kappa shape index (κ1) is 15.8. The number of carbonyl (C=O) groups is 3. The van der Waals surface area contributed by atoms with Gasteiger partial charge in [-0.3, -0.25) is 19.3 Å². The van der Waals surface area contributed by atoms with E-state index >= 15 is 0 Å². The third-order valence-electron chi connectivity index (χ3n) is 6.10. The maximum Gasteiger partial charge on any atom is 0.246 e. The van der Waals surface area contributed by atoms with Crippen LogP contribution in [0.2, 0.25) is 0 Å². The number of nitrogens with zero attached hydrogens (tertiary/aromatic N) is 2. The zero-order valence-corrected chi connectivity index (χ0v) is 14.0. The van der Waals surface area contributed by atoms with E-state index in [-0.39, 0.29) is 41.4 Å². The van der Waals surface area contributed by atoms with Crippen LogP contribution in [-0.2, 0) is 19.1 Å². The number of hydrogen-bond acceptors (Lipinski definition) is 4. The normalized spacial score (nSPS) is 36.2. The highest BCUT2D eigenvalue weighted by atomic mass is 16.5. The van der Waals surface area contributed by atoms with Crippen LogP contribution >= 0.6 is 0 Å². The van der Waals surface area contributed by atoms with Gasteiger partial charge in [0.25, 0.3) is 0 Å². The predicted molar refractivity (Wildman–Crippen MR) is 85.7 cm³/mol. The van der Waals surface area contributed by atoms with Crippen LogP contribution in [0.3, 0.4) is 0 Å². The molecule has 0 unspecified atom stereocenters. The number of ether oxygens (including phenoxy) is 1. The van der Waals surface area contributed by atoms with E-state index < -0.39 is 6.04 Å². The van der Waals surface area contributed by atoms with Crippen molar-refractivity contribution in [2.75, 3.05) is 26.3 Å². The minimum atomic E-state index is -0.659. The fourth-order valence-electron chi connectivity index (χ4n) is 4.87. The van der Waals surface area contributed by atoms with Crippen LogP contribution in [0, 0.1) is 23.7 Å². The summed E-state index contributed by atoms with van der Waals surface area (Å²) in [5.74, 6) is -0.521. The van der Waals surface area contributed by atoms with Crippen molar-refractivity contribution in [3.63, 3.8) is 0 Å². The van der Waals surface area contributed by atoms with Gasteiger partial charge in [-0.2, -0.15) is 0 Å². The van der Waals surface area contributed by atoms with E-state index in [9.17, 15) is 14.4 Å². The topological polar surface area (TPSA) is 66.9 Å². The van der Waals surface area contributed by atoms with Gasteiger partial charge in [0.15, 0.2) is 0 Å². The van der Waals surface area contributed by atoms with Gasteiger partial charge in [0, 0.05) is 13.1 Å². The Morgan fingerprint density at radius 3 is 2.12 bits per heavy atom. The van der Waals surface area contributed by atoms with Gasteiger partial charge in [0.1, 0.15) is 6.04 Å². The smallest absolute Gasteiger partial charge is 0.246 e. The van der Waals surface area contributed by atoms with E-state index in [0.717, 1.165) is 12.8 Å². The molecule has 6 nitrogen and oxygen atoms in total. The summed E-state index contributed by atoms with van der Waals surface area (Å²) in [6.45, 7) is 3.97. The number of rotatable bonds is 3. The summed E-state index contributed by atoms with van der Waals surface area (Å²) in [7, 11) is 0. The van der Waals surface area contributed by atoms with Crippen LogP contribution in [0.15, 0.2) is 12.2 Å². The average Bonchev–Trinajstić information content (AvgIpc) is 2.91. The molecular formula is C18H24N2O4. The first-order valence-electron chi connectivity index (χ1n) is 9.05. The number of morpholine rings is 1. The molecule has 0 aromatic heterocycles. The monoisotopic (exact) mass is 332 g/mol. The first-order chi connectivity index (χ1) is 11.6. The minimum Gasteiger partial charge on any atom is -0.378 e. The third-order valence-corrected chi connectivity index (χ3v) is 6.10. The quantitative estimate of drug-likeness (QED) is 0.567. The Labute approximate surface area is 141 Å². The van der Waals surface area contributed by atoms with Crippen LogP contribution in [0.4, 0.5) is 0 Å². The highest BCUT2D eigenvalue weighted by Crippen LogP contribution is 2.50. The van der Waals surface area contributed by atoms with Crippen LogP contribution in [0.25, 0.3) is 0 Å². The van der Waals surface area contributed by atoms with Crippen molar-refractivity contribution in [2.45, 2.75) is 32.2 Å². The highest BCUT2D eigenvalue weighted by molar-refractivity contribution is 6.09. The summed E-state index contributed by atoms with van der Waals surface area (Å²) in [4.78, 5) is 41.9. The Bertz CT molecular complexity index is 564. The lowest BCUT2D eigenvalue weighted by Gasteiger charge is -2.38. The molecule has 2 heterocycles. The molecule has 5 atom stereocenters. The lowest BCUT2D eigenvalue weighted by Crippen LogP contribution is -2.53. The summed E-state index contributed by atoms with van der Waals surface area (Å²) >= 11 is 0. The Balaban J connectivity index is 1.59. The van der Waals surface area contributed by atoms with Crippen molar-refractivity contribution in [1.82, 2.24) is 9.80 Å². The SMILES string of the molecule is CC[C@@H](C(=O)N1CCOCC1)N1C(=O)[C@@H]2[C@H](C1=O)[C@H]1C=C[C@H]2CC1. The summed E-state index contributed by atoms with van der Waals surface area (Å²) in [6, 6.07) is -0.659. The lowest BCUT2D eigenvalue weighted by atomic mass is 9.63. The molecule has 0 aromatic carbocycles. The van der Waals surface area contributed by atoms with Crippen LogP contribution in [0.5, 0.6) is 0 Å². The Kier molecular flexibility index (Phi) is 3.95. The molecule has 5 rings (SSSR count). The van der Waals surface area contributed by atoms with Crippen molar-refractivity contribution in [3.8, 4) is 0 Å². The van der Waals surface area contributed by atoms with E-state index in [1.807, 2.05) is 6.92 Å². The van der Waals surface area contributed by atoms with Crippen LogP contribution in [0.1, 0.15) is 26.2 Å². The second-order valence-electron chi connectivity index (χ2n) is 7.25. The molecule has 130 valence electrons. The molecule has 24 heavy (non-hydrogen) atoms. The van der Waals surface area contributed by atoms with Crippen LogP contribution < -0.4 is 0 Å². The van der Waals surface area contributed by atoms with Gasteiger partial charge in [-0.1, -0.05) is 19.1 Å². The van der Waals surface area contributed by atoms with Gasteiger partial charge in [0.2, 0.25) is 17.7 Å². The highest BCUT2D eigenvalue weighted by Gasteiger charge is 2.58. The Morgan fingerprint density at radius 2 is 1.67 bits per heavy atom. The second-order valence-corrected chi connectivity index (χ2v) is 7.25. The number of carbonyl (C=O) groups excluding carboxylic acids is 3. The molecule has 5 aliphatic rings. The number of allylic oxidation sites excluding steroid dienone is 2. The fraction of sp³-hybridized carbons (Fsp3) is 0.722. The van der Waals surface area contributed by atoms with Gasteiger partial charge >= 0.3 is 0 Å². The fourth-order valence-corrected chi connectivity index (χ4v) is 4.87. The van der Waals surface area contributed by atoms with Gasteiger partial charge in [-0.15, -0.1) is 0 Å². The molecule has 0 radical (unpaired) electrons. The predicted octanol–water partition coefficient (Wildman–Crippen LogP) is 0.821. The third kappa shape index (κ3) is 2.23. The van der Waals surface area contributed by atoms with Gasteiger partial charge < -0.3 is 9.64 Å². The minimum absolute atomic E-state index is 0.110. The molecule has 0 N–H and O–H groups in total. The van der Waals surface area contributed by atoms with Crippen molar-refractivity contribution < 1.29 is 19.1 Å². The Morgan fingerprint density at radius 1 is 1.12 bits per heavy atom. The molecule has 2 bridgehead atoms. The maximum atomic E-state index is 13.0. The first-order valence-corrected chi connectivity index (χ1v) is 9.05. The molecule has 2 saturated heterocycles. The standard InChI is InChI=1S/C18H24N2O4/c1-2-13(16(21)19-7-9-24-10-8-19)20-17(22)14-11-3-4-12(6-5-11)15(14)18(20)23/h3-4,11-15H,2,5-10H2,1H3/t11-,12-,13-,14-,15+/m0/s1. The van der Waals surface area contributed by atoms with E-state index in [2.05, 4.69) is 12.2 Å². The summed E-state index contributed by atoms with van der Waals surface area (Å²) in [6.07, 6.45) is 6.63. The Hall–Kier alpha value is -1.69.